The van der Waals surface area contributed by atoms with Crippen molar-refractivity contribution in [3.8, 4) is 0 Å². The molecular formula is C7H16Cl2N3OP. The van der Waals surface area contributed by atoms with Crippen LogP contribution < -0.4 is 10.2 Å². The summed E-state index contributed by atoms with van der Waals surface area (Å²) in [5.41, 5.74) is 0. The van der Waals surface area contributed by atoms with E-state index in [0.29, 0.717) is 24.8 Å². The van der Waals surface area contributed by atoms with Gasteiger partial charge in [-0.15, -0.1) is 23.2 Å². The topological polar surface area (TPSA) is 44.4 Å². The van der Waals surface area contributed by atoms with E-state index in [1.54, 1.807) is 0 Å². The minimum atomic E-state index is -2.59. The number of halogens is 2. The van der Waals surface area contributed by atoms with Crippen molar-refractivity contribution in [2.75, 3.05) is 37.9 Å². The summed E-state index contributed by atoms with van der Waals surface area (Å²) in [6.07, 6.45) is 1.00. The van der Waals surface area contributed by atoms with E-state index in [1.807, 2.05) is 4.67 Å². The largest absolute Gasteiger partial charge is 0.281 e. The molecule has 1 atom stereocenters. The molecule has 0 aromatic rings. The molecule has 14 heavy (non-hydrogen) atoms. The molecule has 1 aliphatic heterocycles. The predicted octanol–water partition coefficient (Wildman–Crippen LogP) is 1.46. The average molecular weight is 260 g/mol. The molecule has 1 aliphatic rings. The molecule has 4 nitrogen and oxygen atoms in total. The molecule has 0 amide bonds. The third-order valence-corrected chi connectivity index (χ3v) is 4.94. The molecule has 1 rings (SSSR count). The van der Waals surface area contributed by atoms with Crippen LogP contribution in [0.4, 0.5) is 0 Å². The lowest BCUT2D eigenvalue weighted by Gasteiger charge is -2.35. The summed E-state index contributed by atoms with van der Waals surface area (Å²) in [6.45, 7) is 2.80. The zero-order valence-electron chi connectivity index (χ0n) is 8.01. The van der Waals surface area contributed by atoms with Crippen LogP contribution in [0.25, 0.3) is 0 Å². The van der Waals surface area contributed by atoms with Gasteiger partial charge in [0.25, 0.3) is 7.59 Å². The Hall–Kier alpha value is 0.690. The molecular weight excluding hydrogens is 244 g/mol. The first kappa shape index (κ1) is 12.8. The lowest BCUT2D eigenvalue weighted by molar-refractivity contribution is 0.377. The fourth-order valence-corrected chi connectivity index (χ4v) is 4.17. The number of hydrogen-bond acceptors (Lipinski definition) is 1. The van der Waals surface area contributed by atoms with Gasteiger partial charge in [-0.05, 0) is 6.42 Å². The van der Waals surface area contributed by atoms with Gasteiger partial charge in [0.2, 0.25) is 0 Å². The minimum Gasteiger partial charge on any atom is -0.271 e. The molecule has 0 aromatic heterocycles. The smallest absolute Gasteiger partial charge is 0.271 e. The van der Waals surface area contributed by atoms with Crippen LogP contribution in [0.5, 0.6) is 0 Å². The first-order valence-electron chi connectivity index (χ1n) is 4.70. The third-order valence-electron chi connectivity index (χ3n) is 2.08. The molecule has 0 radical (unpaired) electrons. The van der Waals surface area contributed by atoms with Gasteiger partial charge in [-0.2, -0.15) is 0 Å². The van der Waals surface area contributed by atoms with Crippen molar-refractivity contribution < 1.29 is 4.57 Å². The minimum absolute atomic E-state index is 0.459. The van der Waals surface area contributed by atoms with Crippen molar-refractivity contribution in [2.45, 2.75) is 6.42 Å². The Morgan fingerprint density at radius 2 is 2.21 bits per heavy atom. The van der Waals surface area contributed by atoms with Crippen LogP contribution >= 0.6 is 30.8 Å². The summed E-state index contributed by atoms with van der Waals surface area (Å²) in [4.78, 5) is 0. The zero-order valence-corrected chi connectivity index (χ0v) is 10.4. The van der Waals surface area contributed by atoms with Crippen LogP contribution in [0.3, 0.4) is 0 Å². The summed E-state index contributed by atoms with van der Waals surface area (Å²) >= 11 is 11.2. The highest BCUT2D eigenvalue weighted by Crippen LogP contribution is 2.42. The zero-order chi connectivity index (χ0) is 10.4. The monoisotopic (exact) mass is 259 g/mol. The highest BCUT2D eigenvalue weighted by Gasteiger charge is 2.31. The number of nitrogens with zero attached hydrogens (tertiary/aromatic N) is 1. The van der Waals surface area contributed by atoms with E-state index in [9.17, 15) is 4.57 Å². The third kappa shape index (κ3) is 3.37. The first-order valence-corrected chi connectivity index (χ1v) is 7.43. The standard InChI is InChI=1S/C7H16Cl2N3OP/c8-2-5-11-14(13)10-4-1-6-12(14)7-3-9/h1-7H2,(H2,10,11,13). The second kappa shape index (κ2) is 6.31. The maximum atomic E-state index is 12.3. The Labute approximate surface area is 94.8 Å². The maximum Gasteiger partial charge on any atom is 0.281 e. The van der Waals surface area contributed by atoms with Gasteiger partial charge in [0.05, 0.1) is 0 Å². The fraction of sp³-hybridized carbons (Fsp3) is 1.00. The van der Waals surface area contributed by atoms with Crippen molar-refractivity contribution in [2.24, 2.45) is 0 Å². The Morgan fingerprint density at radius 3 is 2.86 bits per heavy atom. The number of alkyl halides is 2. The Bertz CT molecular complexity index is 215. The SMILES string of the molecule is O=P1(NCCCl)NCCCN1CCCl. The average Bonchev–Trinajstić information content (AvgIpc) is 2.19. The quantitative estimate of drug-likeness (QED) is 0.580. The molecule has 0 saturated carbocycles. The Kier molecular flexibility index (Phi) is 5.75. The van der Waals surface area contributed by atoms with Crippen molar-refractivity contribution in [1.82, 2.24) is 14.8 Å². The Balaban J connectivity index is 2.55. The van der Waals surface area contributed by atoms with E-state index in [4.69, 9.17) is 23.2 Å². The molecule has 2 N–H and O–H groups in total. The molecule has 0 aromatic carbocycles. The molecule has 1 fully saturated rings. The van der Waals surface area contributed by atoms with Crippen LogP contribution in [0.15, 0.2) is 0 Å². The van der Waals surface area contributed by atoms with Gasteiger partial charge in [-0.1, -0.05) is 0 Å². The predicted molar refractivity (Wildman–Crippen MR) is 61.2 cm³/mol. The second-order valence-electron chi connectivity index (χ2n) is 3.08. The van der Waals surface area contributed by atoms with Crippen molar-refractivity contribution in [3.63, 3.8) is 0 Å². The number of hydrogen-bond donors (Lipinski definition) is 2. The van der Waals surface area contributed by atoms with Crippen molar-refractivity contribution >= 4 is 30.8 Å². The number of rotatable bonds is 5. The van der Waals surface area contributed by atoms with Gasteiger partial charge in [0.1, 0.15) is 0 Å². The fourth-order valence-electron chi connectivity index (χ4n) is 1.43. The lowest BCUT2D eigenvalue weighted by Crippen LogP contribution is -2.42. The van der Waals surface area contributed by atoms with Crippen LogP contribution in [0.2, 0.25) is 0 Å². The molecule has 84 valence electrons. The van der Waals surface area contributed by atoms with Gasteiger partial charge in [-0.25, -0.2) is 14.8 Å². The molecule has 0 aliphatic carbocycles. The molecule has 7 heteroatoms. The molecule has 1 heterocycles. The second-order valence-corrected chi connectivity index (χ2v) is 6.18. The van der Waals surface area contributed by atoms with Gasteiger partial charge < -0.3 is 0 Å². The highest BCUT2D eigenvalue weighted by atomic mass is 35.5. The summed E-state index contributed by atoms with van der Waals surface area (Å²) in [7, 11) is -2.59. The molecule has 0 bridgehead atoms. The van der Waals surface area contributed by atoms with Crippen LogP contribution in [0.1, 0.15) is 6.42 Å². The van der Waals surface area contributed by atoms with Crippen molar-refractivity contribution in [1.29, 1.82) is 0 Å². The van der Waals surface area contributed by atoms with Gasteiger partial charge in [0, 0.05) is 37.9 Å². The molecule has 0 spiro atoms. The van der Waals surface area contributed by atoms with Gasteiger partial charge in [0.15, 0.2) is 0 Å². The first-order chi connectivity index (χ1) is 6.73. The highest BCUT2D eigenvalue weighted by molar-refractivity contribution is 7.57. The maximum absolute atomic E-state index is 12.3. The van der Waals surface area contributed by atoms with Gasteiger partial charge in [-0.3, -0.25) is 4.57 Å². The lowest BCUT2D eigenvalue weighted by atomic mass is 10.4. The summed E-state index contributed by atoms with van der Waals surface area (Å²) in [5.74, 6) is 0.953. The summed E-state index contributed by atoms with van der Waals surface area (Å²) in [6, 6.07) is 0. The van der Waals surface area contributed by atoms with E-state index in [2.05, 4.69) is 10.2 Å². The molecule has 1 saturated heterocycles. The summed E-state index contributed by atoms with van der Waals surface area (Å²) < 4.78 is 14.2. The van der Waals surface area contributed by atoms with Crippen LogP contribution in [0, 0.1) is 0 Å². The van der Waals surface area contributed by atoms with E-state index >= 15 is 0 Å². The van der Waals surface area contributed by atoms with E-state index < -0.39 is 7.59 Å². The molecule has 1 unspecified atom stereocenters. The van der Waals surface area contributed by atoms with Crippen molar-refractivity contribution in [3.05, 3.63) is 0 Å². The summed E-state index contributed by atoms with van der Waals surface area (Å²) in [5, 5.41) is 5.98. The van der Waals surface area contributed by atoms with Gasteiger partial charge >= 0.3 is 0 Å². The normalized spacial score (nSPS) is 29.3. The van der Waals surface area contributed by atoms with Crippen LogP contribution in [-0.4, -0.2) is 42.6 Å². The van der Waals surface area contributed by atoms with E-state index in [-0.39, 0.29) is 0 Å². The Morgan fingerprint density at radius 1 is 1.43 bits per heavy atom. The van der Waals surface area contributed by atoms with E-state index in [1.165, 1.54) is 0 Å². The number of nitrogens with one attached hydrogen (secondary N) is 2. The van der Waals surface area contributed by atoms with Crippen LogP contribution in [-0.2, 0) is 4.57 Å². The van der Waals surface area contributed by atoms with E-state index in [0.717, 1.165) is 19.5 Å².